The van der Waals surface area contributed by atoms with Crippen LogP contribution < -0.4 is 5.32 Å². The number of anilines is 2. The van der Waals surface area contributed by atoms with Crippen LogP contribution >= 0.6 is 0 Å². The van der Waals surface area contributed by atoms with Crippen LogP contribution in [0, 0.1) is 20.8 Å². The summed E-state index contributed by atoms with van der Waals surface area (Å²) in [5.41, 5.74) is 4.74. The minimum absolute atomic E-state index is 0.170. The standard InChI is InChI=1S/C21H27N5O3/c1-5-29-21(28)26-8-6-25(7-9-26)20(27)17-12-18(23-13-22-17)24-19-15(3)10-14(2)11-16(19)4/h10-13H,5-9H2,1-4H3,(H,22,23,24). The summed E-state index contributed by atoms with van der Waals surface area (Å²) in [6.07, 6.45) is 1.06. The van der Waals surface area contributed by atoms with E-state index in [0.717, 1.165) is 16.8 Å². The largest absolute Gasteiger partial charge is 0.450 e. The van der Waals surface area contributed by atoms with Gasteiger partial charge in [-0.15, -0.1) is 0 Å². The molecule has 0 aliphatic carbocycles. The Bertz CT molecular complexity index is 884. The van der Waals surface area contributed by atoms with Gasteiger partial charge in [-0.25, -0.2) is 14.8 Å². The molecule has 0 spiro atoms. The van der Waals surface area contributed by atoms with E-state index in [1.165, 1.54) is 11.9 Å². The monoisotopic (exact) mass is 397 g/mol. The molecule has 2 aromatic rings. The molecule has 3 rings (SSSR count). The van der Waals surface area contributed by atoms with Crippen molar-refractivity contribution in [2.45, 2.75) is 27.7 Å². The fraction of sp³-hybridized carbons (Fsp3) is 0.429. The summed E-state index contributed by atoms with van der Waals surface area (Å²) in [7, 11) is 0. The van der Waals surface area contributed by atoms with Crippen molar-refractivity contribution in [3.05, 3.63) is 46.9 Å². The van der Waals surface area contributed by atoms with Gasteiger partial charge in [0.1, 0.15) is 17.8 Å². The number of carbonyl (C=O) groups excluding carboxylic acids is 2. The minimum atomic E-state index is -0.336. The lowest BCUT2D eigenvalue weighted by atomic mass is 10.1. The van der Waals surface area contributed by atoms with E-state index in [0.29, 0.717) is 44.3 Å². The Labute approximate surface area is 170 Å². The number of carbonyl (C=O) groups is 2. The van der Waals surface area contributed by atoms with Crippen LogP contribution in [-0.2, 0) is 4.74 Å². The van der Waals surface area contributed by atoms with Crippen LogP contribution in [0.3, 0.4) is 0 Å². The summed E-state index contributed by atoms with van der Waals surface area (Å²) in [6.45, 7) is 10.0. The SMILES string of the molecule is CCOC(=O)N1CCN(C(=O)c2cc(Nc3c(C)cc(C)cc3C)ncn2)CC1. The topological polar surface area (TPSA) is 87.7 Å². The van der Waals surface area contributed by atoms with Gasteiger partial charge in [-0.3, -0.25) is 4.79 Å². The summed E-state index contributed by atoms with van der Waals surface area (Å²) in [5.74, 6) is 0.403. The number of hydrogen-bond donors (Lipinski definition) is 1. The third kappa shape index (κ3) is 4.82. The maximum absolute atomic E-state index is 12.9. The highest BCUT2D eigenvalue weighted by molar-refractivity contribution is 5.93. The Kier molecular flexibility index (Phi) is 6.31. The van der Waals surface area contributed by atoms with E-state index in [-0.39, 0.29) is 12.0 Å². The lowest BCUT2D eigenvalue weighted by Crippen LogP contribution is -2.50. The average Bonchev–Trinajstić information content (AvgIpc) is 2.70. The first-order chi connectivity index (χ1) is 13.9. The highest BCUT2D eigenvalue weighted by Crippen LogP contribution is 2.25. The fourth-order valence-corrected chi connectivity index (χ4v) is 3.52. The molecule has 1 fully saturated rings. The predicted octanol–water partition coefficient (Wildman–Crippen LogP) is 3.06. The second-order valence-corrected chi connectivity index (χ2v) is 7.17. The third-order valence-corrected chi connectivity index (χ3v) is 4.91. The number of hydrogen-bond acceptors (Lipinski definition) is 6. The van der Waals surface area contributed by atoms with Gasteiger partial charge >= 0.3 is 6.09 Å². The van der Waals surface area contributed by atoms with Gasteiger partial charge in [0.2, 0.25) is 0 Å². The Morgan fingerprint density at radius 2 is 1.62 bits per heavy atom. The van der Waals surface area contributed by atoms with E-state index in [2.05, 4.69) is 34.3 Å². The molecular formula is C21H27N5O3. The van der Waals surface area contributed by atoms with Crippen molar-refractivity contribution in [2.24, 2.45) is 0 Å². The van der Waals surface area contributed by atoms with E-state index in [1.54, 1.807) is 22.8 Å². The molecular weight excluding hydrogens is 370 g/mol. The Morgan fingerprint density at radius 3 is 2.24 bits per heavy atom. The molecule has 154 valence electrons. The molecule has 1 aliphatic heterocycles. The van der Waals surface area contributed by atoms with E-state index in [4.69, 9.17) is 4.74 Å². The molecule has 0 unspecified atom stereocenters. The van der Waals surface area contributed by atoms with E-state index >= 15 is 0 Å². The molecule has 0 saturated carbocycles. The van der Waals surface area contributed by atoms with Crippen molar-refractivity contribution in [1.29, 1.82) is 0 Å². The second kappa shape index (κ2) is 8.89. The Hall–Kier alpha value is -3.16. The quantitative estimate of drug-likeness (QED) is 0.853. The molecule has 0 atom stereocenters. The number of amides is 2. The van der Waals surface area contributed by atoms with Gasteiger partial charge in [-0.2, -0.15) is 0 Å². The molecule has 8 heteroatoms. The maximum Gasteiger partial charge on any atom is 0.409 e. The normalized spacial score (nSPS) is 13.9. The maximum atomic E-state index is 12.9. The van der Waals surface area contributed by atoms with Crippen molar-refractivity contribution in [1.82, 2.24) is 19.8 Å². The molecule has 1 saturated heterocycles. The van der Waals surface area contributed by atoms with Gasteiger partial charge in [0.15, 0.2) is 0 Å². The van der Waals surface area contributed by atoms with Crippen LogP contribution in [0.15, 0.2) is 24.5 Å². The van der Waals surface area contributed by atoms with E-state index in [1.807, 2.05) is 13.8 Å². The number of aryl methyl sites for hydroxylation is 3. The first kappa shape index (κ1) is 20.6. The number of piperazine rings is 1. The van der Waals surface area contributed by atoms with Crippen molar-refractivity contribution >= 4 is 23.5 Å². The lowest BCUT2D eigenvalue weighted by Gasteiger charge is -2.33. The summed E-state index contributed by atoms with van der Waals surface area (Å²) < 4.78 is 5.02. The molecule has 8 nitrogen and oxygen atoms in total. The first-order valence-electron chi connectivity index (χ1n) is 9.77. The molecule has 0 radical (unpaired) electrons. The summed E-state index contributed by atoms with van der Waals surface area (Å²) in [4.78, 5) is 36.4. The Morgan fingerprint density at radius 1 is 1.00 bits per heavy atom. The van der Waals surface area contributed by atoms with Gasteiger partial charge in [0.05, 0.1) is 6.61 Å². The zero-order valence-electron chi connectivity index (χ0n) is 17.4. The van der Waals surface area contributed by atoms with Crippen LogP contribution in [0.25, 0.3) is 0 Å². The minimum Gasteiger partial charge on any atom is -0.450 e. The van der Waals surface area contributed by atoms with Crippen molar-refractivity contribution in [3.63, 3.8) is 0 Å². The number of benzene rings is 1. The molecule has 2 amide bonds. The first-order valence-corrected chi connectivity index (χ1v) is 9.77. The molecule has 1 aromatic heterocycles. The van der Waals surface area contributed by atoms with Crippen LogP contribution in [0.5, 0.6) is 0 Å². The zero-order chi connectivity index (χ0) is 21.0. The molecule has 0 bridgehead atoms. The number of aromatic nitrogens is 2. The number of nitrogens with zero attached hydrogens (tertiary/aromatic N) is 4. The third-order valence-electron chi connectivity index (χ3n) is 4.91. The summed E-state index contributed by atoms with van der Waals surface area (Å²) in [6, 6.07) is 5.87. The Balaban J connectivity index is 1.69. The number of nitrogens with one attached hydrogen (secondary N) is 1. The average molecular weight is 397 g/mol. The summed E-state index contributed by atoms with van der Waals surface area (Å²) >= 11 is 0. The fourth-order valence-electron chi connectivity index (χ4n) is 3.52. The highest BCUT2D eigenvalue weighted by atomic mass is 16.6. The van der Waals surface area contributed by atoms with E-state index in [9.17, 15) is 9.59 Å². The van der Waals surface area contributed by atoms with Crippen LogP contribution in [-0.4, -0.2) is 64.6 Å². The lowest BCUT2D eigenvalue weighted by molar-refractivity contribution is 0.0566. The molecule has 2 heterocycles. The zero-order valence-corrected chi connectivity index (χ0v) is 17.4. The van der Waals surface area contributed by atoms with Gasteiger partial charge in [0, 0.05) is 37.9 Å². The van der Waals surface area contributed by atoms with Gasteiger partial charge in [0.25, 0.3) is 5.91 Å². The highest BCUT2D eigenvalue weighted by Gasteiger charge is 2.26. The molecule has 1 N–H and O–H groups in total. The predicted molar refractivity (Wildman–Crippen MR) is 110 cm³/mol. The van der Waals surface area contributed by atoms with Crippen molar-refractivity contribution < 1.29 is 14.3 Å². The van der Waals surface area contributed by atoms with Gasteiger partial charge in [-0.1, -0.05) is 17.7 Å². The molecule has 1 aromatic carbocycles. The number of ether oxygens (including phenoxy) is 1. The molecule has 29 heavy (non-hydrogen) atoms. The molecule has 1 aliphatic rings. The van der Waals surface area contributed by atoms with Gasteiger partial charge in [-0.05, 0) is 38.8 Å². The van der Waals surface area contributed by atoms with E-state index < -0.39 is 0 Å². The summed E-state index contributed by atoms with van der Waals surface area (Å²) in [5, 5.41) is 3.31. The van der Waals surface area contributed by atoms with Crippen molar-refractivity contribution in [2.75, 3.05) is 38.1 Å². The van der Waals surface area contributed by atoms with Crippen molar-refractivity contribution in [3.8, 4) is 0 Å². The van der Waals surface area contributed by atoms with Crippen LogP contribution in [0.1, 0.15) is 34.1 Å². The van der Waals surface area contributed by atoms with Crippen LogP contribution in [0.2, 0.25) is 0 Å². The second-order valence-electron chi connectivity index (χ2n) is 7.17. The smallest absolute Gasteiger partial charge is 0.409 e. The number of rotatable bonds is 4. The van der Waals surface area contributed by atoms with Gasteiger partial charge < -0.3 is 19.9 Å². The van der Waals surface area contributed by atoms with Crippen LogP contribution in [0.4, 0.5) is 16.3 Å².